The predicted octanol–water partition coefficient (Wildman–Crippen LogP) is 4.88. The number of carbonyl (C=O) groups excluding carboxylic acids is 1. The maximum Gasteiger partial charge on any atom is 0.223 e. The van der Waals surface area contributed by atoms with Crippen LogP contribution in [0, 0.1) is 12.8 Å². The third-order valence-corrected chi connectivity index (χ3v) is 6.04. The minimum Gasteiger partial charge on any atom is -0.490 e. The Hall–Kier alpha value is -2.53. The first-order chi connectivity index (χ1) is 15.0. The van der Waals surface area contributed by atoms with Gasteiger partial charge in [0, 0.05) is 12.5 Å². The number of likely N-dealkylation sites (tertiary alicyclic amines) is 1. The van der Waals surface area contributed by atoms with E-state index in [1.165, 1.54) is 11.1 Å². The normalized spacial score (nSPS) is 16.0. The predicted molar refractivity (Wildman–Crippen MR) is 125 cm³/mol. The van der Waals surface area contributed by atoms with Gasteiger partial charge in [-0.15, -0.1) is 0 Å². The Morgan fingerprint density at radius 2 is 1.74 bits per heavy atom. The lowest BCUT2D eigenvalue weighted by atomic mass is 9.94. The summed E-state index contributed by atoms with van der Waals surface area (Å²) in [5.41, 5.74) is 3.73. The summed E-state index contributed by atoms with van der Waals surface area (Å²) in [5, 5.41) is 3.21. The van der Waals surface area contributed by atoms with E-state index in [0.29, 0.717) is 13.2 Å². The zero-order chi connectivity index (χ0) is 22.2. The van der Waals surface area contributed by atoms with Crippen molar-refractivity contribution in [2.24, 2.45) is 5.92 Å². The van der Waals surface area contributed by atoms with Crippen LogP contribution < -0.4 is 14.8 Å². The van der Waals surface area contributed by atoms with E-state index in [0.717, 1.165) is 49.5 Å². The van der Waals surface area contributed by atoms with Crippen LogP contribution in [-0.2, 0) is 11.3 Å². The summed E-state index contributed by atoms with van der Waals surface area (Å²) in [7, 11) is 0. The molecule has 0 aromatic heterocycles. The number of aryl methyl sites for hydroxylation is 1. The van der Waals surface area contributed by atoms with E-state index in [4.69, 9.17) is 9.47 Å². The van der Waals surface area contributed by atoms with Crippen LogP contribution >= 0.6 is 0 Å². The highest BCUT2D eigenvalue weighted by Crippen LogP contribution is 2.31. The number of hydrogen-bond donors (Lipinski definition) is 1. The lowest BCUT2D eigenvalue weighted by molar-refractivity contribution is -0.127. The number of nitrogens with one attached hydrogen (secondary N) is 1. The summed E-state index contributed by atoms with van der Waals surface area (Å²) in [5.74, 6) is 1.69. The number of ether oxygens (including phenoxy) is 2. The summed E-state index contributed by atoms with van der Waals surface area (Å²) in [4.78, 5) is 15.4. The van der Waals surface area contributed by atoms with Gasteiger partial charge in [-0.3, -0.25) is 9.69 Å². The molecule has 0 radical (unpaired) electrons. The van der Waals surface area contributed by atoms with Crippen molar-refractivity contribution in [2.45, 2.75) is 53.1 Å². The van der Waals surface area contributed by atoms with Crippen LogP contribution in [0.15, 0.2) is 42.5 Å². The van der Waals surface area contributed by atoms with Gasteiger partial charge in [-0.1, -0.05) is 30.3 Å². The molecule has 1 aliphatic rings. The summed E-state index contributed by atoms with van der Waals surface area (Å²) < 4.78 is 11.4. The second kappa shape index (κ2) is 11.2. The fourth-order valence-electron chi connectivity index (χ4n) is 4.13. The van der Waals surface area contributed by atoms with Crippen molar-refractivity contribution in [2.75, 3.05) is 26.3 Å². The first kappa shape index (κ1) is 23.1. The van der Waals surface area contributed by atoms with E-state index in [9.17, 15) is 4.79 Å². The highest BCUT2D eigenvalue weighted by molar-refractivity contribution is 5.79. The SMILES string of the molecule is CCOc1ccc([C@H](C)NC(=O)C2CCN(Cc3ccccc3C)CC2)cc1OCC. The van der Waals surface area contributed by atoms with Crippen LogP contribution in [0.3, 0.4) is 0 Å². The lowest BCUT2D eigenvalue weighted by Crippen LogP contribution is -2.41. The second-order valence-electron chi connectivity index (χ2n) is 8.28. The van der Waals surface area contributed by atoms with Crippen LogP contribution in [0.5, 0.6) is 11.5 Å². The monoisotopic (exact) mass is 424 g/mol. The molecule has 2 aromatic carbocycles. The Balaban J connectivity index is 1.53. The second-order valence-corrected chi connectivity index (χ2v) is 8.28. The van der Waals surface area contributed by atoms with Crippen LogP contribution in [0.2, 0.25) is 0 Å². The molecule has 1 aliphatic heterocycles. The molecule has 1 heterocycles. The number of carbonyl (C=O) groups is 1. The Bertz CT molecular complexity index is 859. The van der Waals surface area contributed by atoms with Gasteiger partial charge in [-0.05, 0) is 82.4 Å². The molecule has 0 bridgehead atoms. The zero-order valence-corrected chi connectivity index (χ0v) is 19.3. The van der Waals surface area contributed by atoms with E-state index in [1.807, 2.05) is 39.0 Å². The molecule has 2 aromatic rings. The highest BCUT2D eigenvalue weighted by atomic mass is 16.5. The summed E-state index contributed by atoms with van der Waals surface area (Å²) in [6, 6.07) is 14.4. The maximum atomic E-state index is 12.9. The third-order valence-electron chi connectivity index (χ3n) is 6.04. The highest BCUT2D eigenvalue weighted by Gasteiger charge is 2.26. The molecular weight excluding hydrogens is 388 g/mol. The van der Waals surface area contributed by atoms with Crippen molar-refractivity contribution in [1.82, 2.24) is 10.2 Å². The van der Waals surface area contributed by atoms with Crippen molar-refractivity contribution in [3.8, 4) is 11.5 Å². The van der Waals surface area contributed by atoms with Crippen LogP contribution in [0.1, 0.15) is 56.3 Å². The number of piperidine rings is 1. The largest absolute Gasteiger partial charge is 0.490 e. The fraction of sp³-hybridized carbons (Fsp3) is 0.500. The van der Waals surface area contributed by atoms with E-state index in [-0.39, 0.29) is 17.9 Å². The maximum absolute atomic E-state index is 12.9. The van der Waals surface area contributed by atoms with Crippen molar-refractivity contribution >= 4 is 5.91 Å². The first-order valence-electron chi connectivity index (χ1n) is 11.5. The van der Waals surface area contributed by atoms with Gasteiger partial charge in [0.2, 0.25) is 5.91 Å². The quantitative estimate of drug-likeness (QED) is 0.623. The molecule has 0 spiro atoms. The van der Waals surface area contributed by atoms with E-state index in [2.05, 4.69) is 41.4 Å². The number of rotatable bonds is 9. The van der Waals surface area contributed by atoms with Crippen molar-refractivity contribution in [3.63, 3.8) is 0 Å². The van der Waals surface area contributed by atoms with Gasteiger partial charge in [0.05, 0.1) is 19.3 Å². The summed E-state index contributed by atoms with van der Waals surface area (Å²) in [6.45, 7) is 12.1. The standard InChI is InChI=1S/C26H36N2O3/c1-5-30-24-12-11-22(17-25(24)31-6-2)20(4)27-26(29)21-13-15-28(16-14-21)18-23-10-8-7-9-19(23)3/h7-12,17,20-21H,5-6,13-16,18H2,1-4H3,(H,27,29)/t20-/m0/s1. The molecule has 5 heteroatoms. The average molecular weight is 425 g/mol. The smallest absolute Gasteiger partial charge is 0.223 e. The average Bonchev–Trinajstić information content (AvgIpc) is 2.77. The molecule has 5 nitrogen and oxygen atoms in total. The molecule has 168 valence electrons. The van der Waals surface area contributed by atoms with Crippen molar-refractivity contribution < 1.29 is 14.3 Å². The topological polar surface area (TPSA) is 50.8 Å². The van der Waals surface area contributed by atoms with Crippen LogP contribution in [-0.4, -0.2) is 37.1 Å². The number of benzene rings is 2. The minimum atomic E-state index is -0.0765. The molecule has 0 unspecified atom stereocenters. The molecule has 1 atom stereocenters. The van der Waals surface area contributed by atoms with Crippen molar-refractivity contribution in [1.29, 1.82) is 0 Å². The van der Waals surface area contributed by atoms with Gasteiger partial charge in [-0.2, -0.15) is 0 Å². The Labute approximate surface area is 186 Å². The van der Waals surface area contributed by atoms with E-state index >= 15 is 0 Å². The Morgan fingerprint density at radius 1 is 1.06 bits per heavy atom. The number of hydrogen-bond acceptors (Lipinski definition) is 4. The molecule has 0 saturated carbocycles. The zero-order valence-electron chi connectivity index (χ0n) is 19.3. The molecule has 0 aliphatic carbocycles. The first-order valence-corrected chi connectivity index (χ1v) is 11.5. The van der Waals surface area contributed by atoms with Crippen LogP contribution in [0.25, 0.3) is 0 Å². The van der Waals surface area contributed by atoms with Gasteiger partial charge < -0.3 is 14.8 Å². The Kier molecular flexibility index (Phi) is 8.35. The molecule has 3 rings (SSSR count). The van der Waals surface area contributed by atoms with Crippen molar-refractivity contribution in [3.05, 3.63) is 59.2 Å². The summed E-state index contributed by atoms with van der Waals surface area (Å²) >= 11 is 0. The van der Waals surface area contributed by atoms with E-state index in [1.54, 1.807) is 0 Å². The van der Waals surface area contributed by atoms with Gasteiger partial charge >= 0.3 is 0 Å². The summed E-state index contributed by atoms with van der Waals surface area (Å²) in [6.07, 6.45) is 1.80. The van der Waals surface area contributed by atoms with Gasteiger partial charge in [0.25, 0.3) is 0 Å². The number of amides is 1. The third kappa shape index (κ3) is 6.23. The number of nitrogens with zero attached hydrogens (tertiary/aromatic N) is 1. The molecular formula is C26H36N2O3. The lowest BCUT2D eigenvalue weighted by Gasteiger charge is -2.32. The van der Waals surface area contributed by atoms with Gasteiger partial charge in [-0.25, -0.2) is 0 Å². The molecule has 1 N–H and O–H groups in total. The molecule has 31 heavy (non-hydrogen) atoms. The molecule has 1 fully saturated rings. The van der Waals surface area contributed by atoms with E-state index < -0.39 is 0 Å². The minimum absolute atomic E-state index is 0.0737. The molecule has 1 amide bonds. The molecule has 1 saturated heterocycles. The van der Waals surface area contributed by atoms with Gasteiger partial charge in [0.15, 0.2) is 11.5 Å². The Morgan fingerprint density at radius 3 is 2.42 bits per heavy atom. The van der Waals surface area contributed by atoms with Gasteiger partial charge in [0.1, 0.15) is 0 Å². The fourth-order valence-corrected chi connectivity index (χ4v) is 4.13. The van der Waals surface area contributed by atoms with Crippen LogP contribution in [0.4, 0.5) is 0 Å².